The first kappa shape index (κ1) is 24.3. The quantitative estimate of drug-likeness (QED) is 0.330. The number of methoxy groups -OCH3 is 2. The molecule has 0 saturated heterocycles. The summed E-state index contributed by atoms with van der Waals surface area (Å²) in [5.74, 6) is 2.31. The molecule has 0 radical (unpaired) electrons. The minimum Gasteiger partial charge on any atom is -0.493 e. The summed E-state index contributed by atoms with van der Waals surface area (Å²) in [6.07, 6.45) is 1.90. The van der Waals surface area contributed by atoms with Gasteiger partial charge in [-0.05, 0) is 61.2 Å². The third-order valence-electron chi connectivity index (χ3n) is 6.28. The first-order valence-electron chi connectivity index (χ1n) is 12.0. The minimum absolute atomic E-state index is 0.0129. The van der Waals surface area contributed by atoms with E-state index in [2.05, 4.69) is 60.1 Å². The molecule has 6 nitrogen and oxygen atoms in total. The van der Waals surface area contributed by atoms with Gasteiger partial charge in [0.2, 0.25) is 5.91 Å². The zero-order chi connectivity index (χ0) is 24.8. The van der Waals surface area contributed by atoms with Crippen molar-refractivity contribution in [2.24, 2.45) is 0 Å². The van der Waals surface area contributed by atoms with E-state index in [1.165, 1.54) is 16.7 Å². The maximum atomic E-state index is 12.5. The highest BCUT2D eigenvalue weighted by Crippen LogP contribution is 2.27. The van der Waals surface area contributed by atoms with Gasteiger partial charge in [-0.25, -0.2) is 4.98 Å². The minimum atomic E-state index is -0.0129. The number of aromatic nitrogens is 2. The topological polar surface area (TPSA) is 65.4 Å². The van der Waals surface area contributed by atoms with Crippen molar-refractivity contribution in [2.45, 2.75) is 39.7 Å². The fourth-order valence-corrected chi connectivity index (χ4v) is 4.35. The molecule has 1 amide bonds. The van der Waals surface area contributed by atoms with Crippen LogP contribution >= 0.6 is 0 Å². The molecule has 6 heteroatoms. The third kappa shape index (κ3) is 5.83. The summed E-state index contributed by atoms with van der Waals surface area (Å²) in [4.78, 5) is 17.4. The molecule has 0 bridgehead atoms. The predicted octanol–water partition coefficient (Wildman–Crippen LogP) is 5.01. The summed E-state index contributed by atoms with van der Waals surface area (Å²) in [7, 11) is 3.19. The van der Waals surface area contributed by atoms with Gasteiger partial charge in [0.05, 0.1) is 31.7 Å². The van der Waals surface area contributed by atoms with Crippen molar-refractivity contribution < 1.29 is 14.3 Å². The van der Waals surface area contributed by atoms with Crippen LogP contribution in [0.15, 0.2) is 60.7 Å². The molecule has 0 aliphatic heterocycles. The van der Waals surface area contributed by atoms with E-state index in [0.717, 1.165) is 41.8 Å². The number of ether oxygens (including phenoxy) is 2. The van der Waals surface area contributed by atoms with E-state index in [-0.39, 0.29) is 5.91 Å². The van der Waals surface area contributed by atoms with Crippen LogP contribution in [-0.4, -0.2) is 36.2 Å². The number of aryl methyl sites for hydroxylation is 3. The normalized spacial score (nSPS) is 11.0. The lowest BCUT2D eigenvalue weighted by molar-refractivity contribution is -0.120. The van der Waals surface area contributed by atoms with Crippen molar-refractivity contribution >= 4 is 16.9 Å². The Bertz CT molecular complexity index is 1330. The van der Waals surface area contributed by atoms with Crippen LogP contribution in [-0.2, 0) is 24.2 Å². The van der Waals surface area contributed by atoms with Gasteiger partial charge in [-0.3, -0.25) is 4.79 Å². The van der Waals surface area contributed by atoms with Crippen LogP contribution < -0.4 is 14.8 Å². The van der Waals surface area contributed by atoms with Crippen molar-refractivity contribution in [3.8, 4) is 11.5 Å². The van der Waals surface area contributed by atoms with Crippen LogP contribution in [0.1, 0.15) is 34.5 Å². The van der Waals surface area contributed by atoms with E-state index in [4.69, 9.17) is 14.5 Å². The van der Waals surface area contributed by atoms with Gasteiger partial charge in [-0.1, -0.05) is 42.0 Å². The molecule has 3 aromatic carbocycles. The molecule has 0 atom stereocenters. The molecule has 1 heterocycles. The molecule has 4 aromatic rings. The Labute approximate surface area is 206 Å². The van der Waals surface area contributed by atoms with E-state index < -0.39 is 0 Å². The molecule has 1 N–H and O–H groups in total. The number of imidazole rings is 1. The highest BCUT2D eigenvalue weighted by atomic mass is 16.5. The number of hydrogen-bond donors (Lipinski definition) is 1. The number of rotatable bonds is 10. The third-order valence-corrected chi connectivity index (χ3v) is 6.28. The fourth-order valence-electron chi connectivity index (χ4n) is 4.35. The smallest absolute Gasteiger partial charge is 0.224 e. The summed E-state index contributed by atoms with van der Waals surface area (Å²) in [5.41, 5.74) is 6.87. The molecule has 0 fully saturated rings. The molecule has 182 valence electrons. The number of benzene rings is 3. The van der Waals surface area contributed by atoms with Crippen molar-refractivity contribution in [2.75, 3.05) is 20.8 Å². The number of fused-ring (bicyclic) bond motifs is 1. The first-order chi connectivity index (χ1) is 17.0. The molecule has 0 unspecified atom stereocenters. The number of carbonyl (C=O) groups is 1. The van der Waals surface area contributed by atoms with Gasteiger partial charge in [-0.2, -0.15) is 0 Å². The molecule has 35 heavy (non-hydrogen) atoms. The van der Waals surface area contributed by atoms with Crippen molar-refractivity contribution in [3.63, 3.8) is 0 Å². The standard InChI is InChI=1S/C29H33N3O3/c1-20-11-12-21(2)23(16-20)19-32-25-9-6-5-8-24(25)31-28(32)10-7-15-30-29(33)18-22-13-14-26(34-3)27(17-22)35-4/h5-6,8-9,11-14,16-17H,7,10,15,18-19H2,1-4H3,(H,30,33). The lowest BCUT2D eigenvalue weighted by Gasteiger charge is -2.13. The van der Waals surface area contributed by atoms with Crippen LogP contribution in [0.3, 0.4) is 0 Å². The second-order valence-corrected chi connectivity index (χ2v) is 8.85. The van der Waals surface area contributed by atoms with E-state index in [0.29, 0.717) is 24.5 Å². The second-order valence-electron chi connectivity index (χ2n) is 8.85. The Morgan fingerprint density at radius 2 is 1.77 bits per heavy atom. The van der Waals surface area contributed by atoms with Gasteiger partial charge in [0.1, 0.15) is 5.82 Å². The summed E-state index contributed by atoms with van der Waals surface area (Å²) in [5, 5.41) is 3.04. The van der Waals surface area contributed by atoms with E-state index in [1.54, 1.807) is 14.2 Å². The van der Waals surface area contributed by atoms with Gasteiger partial charge in [0.25, 0.3) is 0 Å². The number of carbonyl (C=O) groups excluding carboxylic acids is 1. The molecule has 1 aromatic heterocycles. The number of nitrogens with one attached hydrogen (secondary N) is 1. The van der Waals surface area contributed by atoms with Gasteiger partial charge in [0, 0.05) is 19.5 Å². The lowest BCUT2D eigenvalue weighted by atomic mass is 10.1. The van der Waals surface area contributed by atoms with Crippen LogP contribution in [0.5, 0.6) is 11.5 Å². The van der Waals surface area contributed by atoms with E-state index in [1.807, 2.05) is 24.3 Å². The Hall–Kier alpha value is -3.80. The van der Waals surface area contributed by atoms with Crippen LogP contribution in [0.2, 0.25) is 0 Å². The molecule has 4 rings (SSSR count). The maximum absolute atomic E-state index is 12.5. The van der Waals surface area contributed by atoms with E-state index >= 15 is 0 Å². The number of amides is 1. The average molecular weight is 472 g/mol. The molecule has 0 saturated carbocycles. The zero-order valence-electron chi connectivity index (χ0n) is 20.9. The van der Waals surface area contributed by atoms with Gasteiger partial charge >= 0.3 is 0 Å². The Morgan fingerprint density at radius 1 is 0.971 bits per heavy atom. The van der Waals surface area contributed by atoms with Crippen LogP contribution in [0.4, 0.5) is 0 Å². The predicted molar refractivity (Wildman–Crippen MR) is 139 cm³/mol. The monoisotopic (exact) mass is 471 g/mol. The molecular formula is C29H33N3O3. The van der Waals surface area contributed by atoms with E-state index in [9.17, 15) is 4.79 Å². The van der Waals surface area contributed by atoms with Gasteiger partial charge in [-0.15, -0.1) is 0 Å². The fraction of sp³-hybridized carbons (Fsp3) is 0.310. The average Bonchev–Trinajstić information content (AvgIpc) is 3.21. The summed E-state index contributed by atoms with van der Waals surface area (Å²) >= 11 is 0. The molecular weight excluding hydrogens is 438 g/mol. The lowest BCUT2D eigenvalue weighted by Crippen LogP contribution is -2.26. The van der Waals surface area contributed by atoms with Crippen LogP contribution in [0, 0.1) is 13.8 Å². The molecule has 0 aliphatic rings. The number of hydrogen-bond acceptors (Lipinski definition) is 4. The summed E-state index contributed by atoms with van der Waals surface area (Å²) < 4.78 is 12.9. The Morgan fingerprint density at radius 3 is 2.57 bits per heavy atom. The zero-order valence-corrected chi connectivity index (χ0v) is 20.9. The Balaban J connectivity index is 1.39. The van der Waals surface area contributed by atoms with Crippen molar-refractivity contribution in [3.05, 3.63) is 88.7 Å². The summed E-state index contributed by atoms with van der Waals surface area (Å²) in [6.45, 7) is 5.66. The SMILES string of the molecule is COc1ccc(CC(=O)NCCCc2nc3ccccc3n2Cc2cc(C)ccc2C)cc1OC. The van der Waals surface area contributed by atoms with Gasteiger partial charge in [0.15, 0.2) is 11.5 Å². The van der Waals surface area contributed by atoms with Crippen molar-refractivity contribution in [1.82, 2.24) is 14.9 Å². The maximum Gasteiger partial charge on any atom is 0.224 e. The number of nitrogens with zero attached hydrogens (tertiary/aromatic N) is 2. The van der Waals surface area contributed by atoms with Crippen molar-refractivity contribution in [1.29, 1.82) is 0 Å². The van der Waals surface area contributed by atoms with Gasteiger partial charge < -0.3 is 19.4 Å². The first-order valence-corrected chi connectivity index (χ1v) is 12.0. The number of para-hydroxylation sites is 2. The molecule has 0 aliphatic carbocycles. The highest BCUT2D eigenvalue weighted by molar-refractivity contribution is 5.79. The second kappa shape index (κ2) is 11.1. The summed E-state index contributed by atoms with van der Waals surface area (Å²) in [6, 6.07) is 20.4. The Kier molecular flexibility index (Phi) is 7.70. The molecule has 0 spiro atoms. The largest absolute Gasteiger partial charge is 0.493 e. The highest BCUT2D eigenvalue weighted by Gasteiger charge is 2.13. The van der Waals surface area contributed by atoms with Crippen LogP contribution in [0.25, 0.3) is 11.0 Å².